The number of carbonyl (C=O) groups is 1. The maximum atomic E-state index is 13.2. The summed E-state index contributed by atoms with van der Waals surface area (Å²) in [5.41, 5.74) is 6.98. The van der Waals surface area contributed by atoms with E-state index in [0.29, 0.717) is 4.90 Å². The maximum Gasteiger partial charge on any atom is 0.259 e. The summed E-state index contributed by atoms with van der Waals surface area (Å²) in [6.45, 7) is 9.12. The molecule has 0 saturated carbocycles. The number of carbonyl (C=O) groups excluding carboxylic acids is 1. The van der Waals surface area contributed by atoms with Gasteiger partial charge in [-0.05, 0) is 83.1 Å². The zero-order chi connectivity index (χ0) is 27.3. The Kier molecular flexibility index (Phi) is 9.42. The van der Waals surface area contributed by atoms with Crippen molar-refractivity contribution in [2.75, 3.05) is 14.1 Å². The predicted octanol–water partition coefficient (Wildman–Crippen LogP) is 5.62. The molecule has 0 radical (unpaired) electrons. The lowest BCUT2D eigenvalue weighted by Gasteiger charge is -2.21. The van der Waals surface area contributed by atoms with E-state index in [0.717, 1.165) is 45.5 Å². The van der Waals surface area contributed by atoms with Crippen LogP contribution < -0.4 is 5.14 Å². The number of nitrogens with two attached hydrogens (primary N) is 1. The van der Waals surface area contributed by atoms with Gasteiger partial charge in [0.05, 0.1) is 17.9 Å². The second-order valence-corrected chi connectivity index (χ2v) is 12.2. The number of rotatable bonds is 9. The minimum absolute atomic E-state index is 0.0211. The highest BCUT2D eigenvalue weighted by Crippen LogP contribution is 2.34. The molecule has 3 aromatic carbocycles. The van der Waals surface area contributed by atoms with Crippen LogP contribution in [0.25, 0.3) is 11.1 Å². The van der Waals surface area contributed by atoms with Crippen molar-refractivity contribution < 1.29 is 14.1 Å². The van der Waals surface area contributed by atoms with E-state index < -0.39 is 15.8 Å². The van der Waals surface area contributed by atoms with Gasteiger partial charge in [-0.1, -0.05) is 70.2 Å². The molecule has 1 amide bonds. The van der Waals surface area contributed by atoms with Crippen LogP contribution in [0.2, 0.25) is 0 Å². The molecule has 0 heterocycles. The second kappa shape index (κ2) is 12.1. The molecule has 7 heteroatoms. The summed E-state index contributed by atoms with van der Waals surface area (Å²) in [5, 5.41) is 15.7. The molecule has 3 rings (SSSR count). The summed E-state index contributed by atoms with van der Waals surface area (Å²) in [5.74, 6) is -0.177. The molecule has 0 aliphatic carbocycles. The van der Waals surface area contributed by atoms with Gasteiger partial charge in [-0.15, -0.1) is 4.36 Å². The average Bonchev–Trinajstić information content (AvgIpc) is 2.83. The van der Waals surface area contributed by atoms with Crippen molar-refractivity contribution >= 4 is 15.8 Å². The van der Waals surface area contributed by atoms with Gasteiger partial charge in [0.2, 0.25) is 0 Å². The van der Waals surface area contributed by atoms with E-state index in [9.17, 15) is 14.1 Å². The lowest BCUT2D eigenvalue weighted by Crippen LogP contribution is -2.17. The van der Waals surface area contributed by atoms with E-state index in [1.165, 1.54) is 0 Å². The van der Waals surface area contributed by atoms with E-state index in [-0.39, 0.29) is 24.9 Å². The molecule has 1 atom stereocenters. The van der Waals surface area contributed by atoms with Gasteiger partial charge in [0.1, 0.15) is 9.92 Å². The van der Waals surface area contributed by atoms with E-state index >= 15 is 0 Å². The van der Waals surface area contributed by atoms with Gasteiger partial charge in [-0.2, -0.15) is 0 Å². The molecule has 0 bridgehead atoms. The molecule has 0 fully saturated rings. The normalized spacial score (nSPS) is 13.3. The van der Waals surface area contributed by atoms with Crippen molar-refractivity contribution in [3.8, 4) is 11.1 Å². The summed E-state index contributed by atoms with van der Waals surface area (Å²) in [4.78, 5) is 15.5. The molecule has 0 saturated heterocycles. The van der Waals surface area contributed by atoms with Crippen LogP contribution >= 0.6 is 0 Å². The fourth-order valence-electron chi connectivity index (χ4n) is 4.51. The Hall–Kier alpha value is -2.84. The van der Waals surface area contributed by atoms with E-state index in [2.05, 4.69) is 44.2 Å². The van der Waals surface area contributed by atoms with Crippen LogP contribution in [0.4, 0.5) is 0 Å². The summed E-state index contributed by atoms with van der Waals surface area (Å²) in [6.07, 6.45) is 0.0326. The fourth-order valence-corrected chi connectivity index (χ4v) is 5.51. The number of aliphatic hydroxyl groups excluding tert-OH is 1. The summed E-state index contributed by atoms with van der Waals surface area (Å²) in [7, 11) is 0.590. The first-order chi connectivity index (χ1) is 17.4. The molecule has 1 unspecified atom stereocenters. The molecule has 3 N–H and O–H groups in total. The van der Waals surface area contributed by atoms with E-state index in [1.807, 2.05) is 55.4 Å². The SMILES string of the molecule is CC(C)c1cc(-c2cccc(CO)c2)cc(C(C)C)c1CC(=O)N=S(N)(=O)c1ccc(CN(C)C)cc1. The van der Waals surface area contributed by atoms with Crippen molar-refractivity contribution in [3.05, 3.63) is 88.5 Å². The van der Waals surface area contributed by atoms with Gasteiger partial charge in [-0.25, -0.2) is 9.35 Å². The molecular weight excluding hydrogens is 482 g/mol. The Balaban J connectivity index is 2.00. The molecule has 0 spiro atoms. The monoisotopic (exact) mass is 521 g/mol. The molecule has 198 valence electrons. The topological polar surface area (TPSA) is 96.0 Å². The van der Waals surface area contributed by atoms with Crippen LogP contribution in [0.3, 0.4) is 0 Å². The van der Waals surface area contributed by atoms with Gasteiger partial charge in [0.25, 0.3) is 5.91 Å². The Bertz CT molecular complexity index is 1340. The third-order valence-electron chi connectivity index (χ3n) is 6.33. The minimum atomic E-state index is -3.36. The third kappa shape index (κ3) is 7.36. The summed E-state index contributed by atoms with van der Waals surface area (Å²) in [6, 6.07) is 19.2. The number of nitrogens with zero attached hydrogens (tertiary/aromatic N) is 2. The molecule has 3 aromatic rings. The lowest BCUT2D eigenvalue weighted by molar-refractivity contribution is -0.117. The third-order valence-corrected chi connectivity index (χ3v) is 7.75. The van der Waals surface area contributed by atoms with Crippen molar-refractivity contribution in [2.24, 2.45) is 9.50 Å². The van der Waals surface area contributed by atoms with Crippen molar-refractivity contribution in [2.45, 2.75) is 64.0 Å². The standard InChI is InChI=1S/C30H39N3O3S/c1-20(2)27-15-25(24-9-7-8-23(14-24)19-34)16-28(21(3)4)29(27)17-30(35)32-37(31,36)26-12-10-22(11-13-26)18-33(5)6/h7-16,20-21,34H,17-19H2,1-6H3,(H2,31,32,35,36). The first-order valence-corrected chi connectivity index (χ1v) is 14.2. The number of aliphatic hydroxyl groups is 1. The summed E-state index contributed by atoms with van der Waals surface area (Å²) < 4.78 is 17.2. The van der Waals surface area contributed by atoms with Crippen LogP contribution in [0, 0.1) is 0 Å². The fraction of sp³-hybridized carbons (Fsp3) is 0.367. The van der Waals surface area contributed by atoms with Gasteiger partial charge < -0.3 is 10.0 Å². The number of amides is 1. The quantitative estimate of drug-likeness (QED) is 0.382. The molecular formula is C30H39N3O3S. The van der Waals surface area contributed by atoms with Crippen LogP contribution in [-0.2, 0) is 34.3 Å². The zero-order valence-electron chi connectivity index (χ0n) is 22.7. The van der Waals surface area contributed by atoms with Gasteiger partial charge in [-0.3, -0.25) is 4.79 Å². The van der Waals surface area contributed by atoms with E-state index in [1.54, 1.807) is 12.1 Å². The van der Waals surface area contributed by atoms with Crippen LogP contribution in [0.15, 0.2) is 69.9 Å². The largest absolute Gasteiger partial charge is 0.392 e. The van der Waals surface area contributed by atoms with Crippen LogP contribution in [0.5, 0.6) is 0 Å². The molecule has 0 aromatic heterocycles. The molecule has 0 aliphatic heterocycles. The Morgan fingerprint density at radius 3 is 2.03 bits per heavy atom. The van der Waals surface area contributed by atoms with Gasteiger partial charge in [0.15, 0.2) is 0 Å². The van der Waals surface area contributed by atoms with Crippen LogP contribution in [-0.4, -0.2) is 34.2 Å². The number of benzene rings is 3. The van der Waals surface area contributed by atoms with Crippen LogP contribution in [0.1, 0.15) is 67.3 Å². The predicted molar refractivity (Wildman–Crippen MR) is 152 cm³/mol. The molecule has 37 heavy (non-hydrogen) atoms. The number of hydrogen-bond acceptors (Lipinski definition) is 4. The Labute approximate surface area is 221 Å². The molecule has 6 nitrogen and oxygen atoms in total. The maximum absolute atomic E-state index is 13.2. The summed E-state index contributed by atoms with van der Waals surface area (Å²) >= 11 is 0. The van der Waals surface area contributed by atoms with Crippen molar-refractivity contribution in [1.82, 2.24) is 4.90 Å². The first-order valence-electron chi connectivity index (χ1n) is 12.6. The lowest BCUT2D eigenvalue weighted by atomic mass is 9.84. The highest BCUT2D eigenvalue weighted by molar-refractivity contribution is 7.91. The molecule has 0 aliphatic rings. The highest BCUT2D eigenvalue weighted by Gasteiger charge is 2.20. The van der Waals surface area contributed by atoms with Gasteiger partial charge in [0, 0.05) is 6.54 Å². The average molecular weight is 522 g/mol. The zero-order valence-corrected chi connectivity index (χ0v) is 23.5. The number of hydrogen-bond donors (Lipinski definition) is 2. The van der Waals surface area contributed by atoms with Crippen molar-refractivity contribution in [1.29, 1.82) is 0 Å². The Morgan fingerprint density at radius 1 is 0.919 bits per heavy atom. The van der Waals surface area contributed by atoms with E-state index in [4.69, 9.17) is 5.14 Å². The highest BCUT2D eigenvalue weighted by atomic mass is 32.2. The Morgan fingerprint density at radius 2 is 1.51 bits per heavy atom. The smallest absolute Gasteiger partial charge is 0.259 e. The van der Waals surface area contributed by atoms with Gasteiger partial charge >= 0.3 is 0 Å². The minimum Gasteiger partial charge on any atom is -0.392 e. The second-order valence-electron chi connectivity index (χ2n) is 10.4. The van der Waals surface area contributed by atoms with Crippen molar-refractivity contribution in [3.63, 3.8) is 0 Å². The first kappa shape index (κ1) is 28.7.